The number of carbonyl (C=O) groups is 2. The topological polar surface area (TPSA) is 103 Å². The Balaban J connectivity index is 2.72. The Kier molecular flexibility index (Phi) is 10.2. The van der Waals surface area contributed by atoms with E-state index < -0.39 is 29.6 Å². The summed E-state index contributed by atoms with van der Waals surface area (Å²) < 4.78 is 21.7. The fraction of sp³-hybridized carbons (Fsp3) is 0.900. The molecule has 0 aromatic rings. The average Bonchev–Trinajstić information content (AvgIpc) is 3.05. The predicted octanol–water partition coefficient (Wildman–Crippen LogP) is 2.91. The molecular formula is C20H37NO7. The number of amides is 1. The second kappa shape index (κ2) is 11.6. The highest BCUT2D eigenvalue weighted by molar-refractivity contribution is 5.70. The van der Waals surface area contributed by atoms with Crippen LogP contribution in [-0.2, 0) is 23.7 Å². The Morgan fingerprint density at radius 3 is 2.39 bits per heavy atom. The lowest BCUT2D eigenvalue weighted by Gasteiger charge is -2.30. The highest BCUT2D eigenvalue weighted by Crippen LogP contribution is 2.31. The maximum atomic E-state index is 12.2. The van der Waals surface area contributed by atoms with Crippen LogP contribution in [0.5, 0.6) is 0 Å². The van der Waals surface area contributed by atoms with Crippen molar-refractivity contribution < 1.29 is 33.6 Å². The molecular weight excluding hydrogens is 366 g/mol. The first-order valence-corrected chi connectivity index (χ1v) is 10.1. The molecule has 28 heavy (non-hydrogen) atoms. The summed E-state index contributed by atoms with van der Waals surface area (Å²) in [5.41, 5.74) is -0.626. The third-order valence-corrected chi connectivity index (χ3v) is 4.51. The minimum Gasteiger partial charge on any atom is -0.469 e. The zero-order chi connectivity index (χ0) is 21.2. The Morgan fingerprint density at radius 2 is 1.86 bits per heavy atom. The number of esters is 1. The Bertz CT molecular complexity index is 483. The van der Waals surface area contributed by atoms with Gasteiger partial charge in [-0.15, -0.1) is 0 Å². The fourth-order valence-electron chi connectivity index (χ4n) is 3.16. The third-order valence-electron chi connectivity index (χ3n) is 4.51. The number of ether oxygens (including phenoxy) is 4. The van der Waals surface area contributed by atoms with Gasteiger partial charge >= 0.3 is 12.1 Å². The van der Waals surface area contributed by atoms with Crippen molar-refractivity contribution in [3.63, 3.8) is 0 Å². The first kappa shape index (κ1) is 24.7. The van der Waals surface area contributed by atoms with Crippen LogP contribution in [0.15, 0.2) is 0 Å². The molecule has 1 amide bonds. The summed E-state index contributed by atoms with van der Waals surface area (Å²) in [5.74, 6) is -1.14. The van der Waals surface area contributed by atoms with Crippen molar-refractivity contribution >= 4 is 12.1 Å². The number of hydrogen-bond donors (Lipinski definition) is 2. The Hall–Kier alpha value is -1.38. The van der Waals surface area contributed by atoms with Crippen LogP contribution in [-0.4, -0.2) is 61.0 Å². The summed E-state index contributed by atoms with van der Waals surface area (Å²) in [7, 11) is 1.28. The van der Waals surface area contributed by atoms with Gasteiger partial charge < -0.3 is 29.4 Å². The van der Waals surface area contributed by atoms with E-state index in [1.54, 1.807) is 20.8 Å². The number of rotatable bonds is 11. The number of aliphatic hydroxyl groups excluding tert-OH is 1. The summed E-state index contributed by atoms with van der Waals surface area (Å²) in [5, 5.41) is 13.0. The maximum Gasteiger partial charge on any atom is 0.407 e. The number of methoxy groups -OCH3 is 1. The molecule has 0 aromatic heterocycles. The van der Waals surface area contributed by atoms with Crippen LogP contribution in [0, 0.1) is 0 Å². The smallest absolute Gasteiger partial charge is 0.407 e. The van der Waals surface area contributed by atoms with E-state index in [2.05, 4.69) is 17.0 Å². The number of carbonyl (C=O) groups excluding carboxylic acids is 2. The molecule has 2 unspecified atom stereocenters. The van der Waals surface area contributed by atoms with Crippen molar-refractivity contribution in [1.82, 2.24) is 5.32 Å². The van der Waals surface area contributed by atoms with Gasteiger partial charge in [-0.05, 0) is 40.0 Å². The van der Waals surface area contributed by atoms with E-state index in [4.69, 9.17) is 14.2 Å². The standard InChI is InChI=1S/C20H37NO7/c1-6-7-9-20(26-11-12-27-20)10-8-15(13-16(22)14-17(23)25-5)21-18(24)28-19(2,3)4/h15-16,22H,6-14H2,1-5H3,(H,21,24). The van der Waals surface area contributed by atoms with Gasteiger partial charge in [0.1, 0.15) is 5.60 Å². The van der Waals surface area contributed by atoms with Crippen LogP contribution in [0.1, 0.15) is 72.6 Å². The van der Waals surface area contributed by atoms with Crippen molar-refractivity contribution in [3.05, 3.63) is 0 Å². The number of hydrogen-bond acceptors (Lipinski definition) is 7. The molecule has 0 bridgehead atoms. The zero-order valence-corrected chi connectivity index (χ0v) is 17.9. The van der Waals surface area contributed by atoms with E-state index in [0.29, 0.717) is 26.1 Å². The third kappa shape index (κ3) is 9.71. The molecule has 1 rings (SSSR count). The molecule has 1 fully saturated rings. The molecule has 2 atom stereocenters. The summed E-state index contributed by atoms with van der Waals surface area (Å²) in [4.78, 5) is 23.6. The summed E-state index contributed by atoms with van der Waals surface area (Å²) in [6.45, 7) is 8.57. The Morgan fingerprint density at radius 1 is 1.21 bits per heavy atom. The quantitative estimate of drug-likeness (QED) is 0.511. The SMILES string of the molecule is CCCCC1(CCC(CC(O)CC(=O)OC)NC(=O)OC(C)(C)C)OCCO1. The van der Waals surface area contributed by atoms with E-state index in [0.717, 1.165) is 19.3 Å². The van der Waals surface area contributed by atoms with Crippen LogP contribution in [0.2, 0.25) is 0 Å². The molecule has 1 aliphatic heterocycles. The number of aliphatic hydroxyl groups is 1. The van der Waals surface area contributed by atoms with Crippen LogP contribution >= 0.6 is 0 Å². The van der Waals surface area contributed by atoms with E-state index in [9.17, 15) is 14.7 Å². The van der Waals surface area contributed by atoms with Crippen molar-refractivity contribution in [1.29, 1.82) is 0 Å². The van der Waals surface area contributed by atoms with Crippen molar-refractivity contribution in [2.75, 3.05) is 20.3 Å². The molecule has 1 aliphatic rings. The number of unbranched alkanes of at least 4 members (excludes halogenated alkanes) is 1. The van der Waals surface area contributed by atoms with Gasteiger partial charge in [0.15, 0.2) is 5.79 Å². The van der Waals surface area contributed by atoms with E-state index in [1.807, 2.05) is 0 Å². The van der Waals surface area contributed by atoms with E-state index in [-0.39, 0.29) is 18.9 Å². The van der Waals surface area contributed by atoms with Crippen molar-refractivity contribution in [2.24, 2.45) is 0 Å². The van der Waals surface area contributed by atoms with Gasteiger partial charge in [-0.25, -0.2) is 4.79 Å². The van der Waals surface area contributed by atoms with Gasteiger partial charge in [0, 0.05) is 18.9 Å². The van der Waals surface area contributed by atoms with Crippen molar-refractivity contribution in [2.45, 2.75) is 96.2 Å². The van der Waals surface area contributed by atoms with Gasteiger partial charge in [-0.3, -0.25) is 4.79 Å². The lowest BCUT2D eigenvalue weighted by Crippen LogP contribution is -2.42. The first-order chi connectivity index (χ1) is 13.1. The average molecular weight is 404 g/mol. The fourth-order valence-corrected chi connectivity index (χ4v) is 3.16. The summed E-state index contributed by atoms with van der Waals surface area (Å²) in [6.07, 6.45) is 2.51. The molecule has 1 heterocycles. The van der Waals surface area contributed by atoms with Gasteiger partial charge in [0.25, 0.3) is 0 Å². The molecule has 8 nitrogen and oxygen atoms in total. The Labute approximate surface area is 168 Å². The van der Waals surface area contributed by atoms with Crippen LogP contribution in [0.25, 0.3) is 0 Å². The minimum atomic E-state index is -0.926. The molecule has 0 saturated carbocycles. The highest BCUT2D eigenvalue weighted by atomic mass is 16.7. The molecule has 164 valence electrons. The molecule has 0 radical (unpaired) electrons. The van der Waals surface area contributed by atoms with Crippen LogP contribution in [0.3, 0.4) is 0 Å². The predicted molar refractivity (Wildman–Crippen MR) is 104 cm³/mol. The second-order valence-corrected chi connectivity index (χ2v) is 8.26. The van der Waals surface area contributed by atoms with Crippen LogP contribution in [0.4, 0.5) is 4.79 Å². The van der Waals surface area contributed by atoms with Gasteiger partial charge in [0.2, 0.25) is 0 Å². The van der Waals surface area contributed by atoms with E-state index >= 15 is 0 Å². The first-order valence-electron chi connectivity index (χ1n) is 10.1. The molecule has 0 spiro atoms. The lowest BCUT2D eigenvalue weighted by molar-refractivity contribution is -0.169. The monoisotopic (exact) mass is 403 g/mol. The minimum absolute atomic E-state index is 0.128. The molecule has 8 heteroatoms. The van der Waals surface area contributed by atoms with Gasteiger partial charge in [-0.2, -0.15) is 0 Å². The number of alkyl carbamates (subject to hydrolysis) is 1. The number of nitrogens with one attached hydrogen (secondary N) is 1. The van der Waals surface area contributed by atoms with Gasteiger partial charge in [0.05, 0.1) is 32.8 Å². The maximum absolute atomic E-state index is 12.2. The van der Waals surface area contributed by atoms with Crippen molar-refractivity contribution in [3.8, 4) is 0 Å². The van der Waals surface area contributed by atoms with Crippen LogP contribution < -0.4 is 5.32 Å². The van der Waals surface area contributed by atoms with E-state index in [1.165, 1.54) is 7.11 Å². The summed E-state index contributed by atoms with van der Waals surface area (Å²) >= 11 is 0. The molecule has 0 aliphatic carbocycles. The zero-order valence-electron chi connectivity index (χ0n) is 17.9. The normalized spacial score (nSPS) is 18.4. The molecule has 2 N–H and O–H groups in total. The lowest BCUT2D eigenvalue weighted by atomic mass is 9.96. The largest absolute Gasteiger partial charge is 0.469 e. The highest BCUT2D eigenvalue weighted by Gasteiger charge is 2.36. The summed E-state index contributed by atoms with van der Waals surface area (Å²) in [6, 6.07) is -0.388. The van der Waals surface area contributed by atoms with Gasteiger partial charge in [-0.1, -0.05) is 13.3 Å². The molecule has 1 saturated heterocycles. The second-order valence-electron chi connectivity index (χ2n) is 8.26. The molecule has 0 aromatic carbocycles.